The second-order valence-electron chi connectivity index (χ2n) is 4.89. The van der Waals surface area contributed by atoms with Crippen molar-refractivity contribution in [3.8, 4) is 0 Å². The van der Waals surface area contributed by atoms with E-state index in [1.807, 2.05) is 18.3 Å². The zero-order valence-corrected chi connectivity index (χ0v) is 10.7. The summed E-state index contributed by atoms with van der Waals surface area (Å²) < 4.78 is 13.0. The van der Waals surface area contributed by atoms with Gasteiger partial charge in [0.1, 0.15) is 5.82 Å². The second-order valence-corrected chi connectivity index (χ2v) is 4.89. The zero-order chi connectivity index (χ0) is 13.1. The van der Waals surface area contributed by atoms with E-state index in [0.29, 0.717) is 5.92 Å². The van der Waals surface area contributed by atoms with Crippen LogP contribution in [-0.4, -0.2) is 23.1 Å². The Labute approximate surface area is 112 Å². The fourth-order valence-corrected chi connectivity index (χ4v) is 2.63. The number of nitrogens with zero attached hydrogens (tertiary/aromatic N) is 3. The van der Waals surface area contributed by atoms with Gasteiger partial charge in [0.25, 0.3) is 0 Å². The van der Waals surface area contributed by atoms with E-state index in [4.69, 9.17) is 0 Å². The Balaban J connectivity index is 1.76. The molecule has 0 aliphatic carbocycles. The van der Waals surface area contributed by atoms with Crippen LogP contribution in [0.15, 0.2) is 42.9 Å². The molecule has 1 fully saturated rings. The third-order valence-electron chi connectivity index (χ3n) is 3.61. The molecule has 1 saturated heterocycles. The van der Waals surface area contributed by atoms with E-state index >= 15 is 0 Å². The molecule has 1 unspecified atom stereocenters. The normalized spacial score (nSPS) is 19.4. The first-order valence-corrected chi connectivity index (χ1v) is 6.59. The lowest BCUT2D eigenvalue weighted by molar-refractivity contribution is 0.500. The van der Waals surface area contributed by atoms with Crippen LogP contribution in [0.3, 0.4) is 0 Å². The minimum atomic E-state index is -0.189. The second kappa shape index (κ2) is 5.34. The number of hydrogen-bond donors (Lipinski definition) is 0. The van der Waals surface area contributed by atoms with Crippen molar-refractivity contribution in [1.29, 1.82) is 0 Å². The van der Waals surface area contributed by atoms with E-state index in [9.17, 15) is 4.39 Å². The van der Waals surface area contributed by atoms with Crippen LogP contribution in [0.1, 0.15) is 24.5 Å². The number of piperidine rings is 1. The van der Waals surface area contributed by atoms with E-state index < -0.39 is 0 Å². The smallest absolute Gasteiger partial charge is 0.123 e. The molecule has 19 heavy (non-hydrogen) atoms. The molecule has 1 aromatic heterocycles. The molecular formula is C15H16FN3. The first-order chi connectivity index (χ1) is 9.33. The summed E-state index contributed by atoms with van der Waals surface area (Å²) in [7, 11) is 0. The maximum absolute atomic E-state index is 13.0. The quantitative estimate of drug-likeness (QED) is 0.828. The summed E-state index contributed by atoms with van der Waals surface area (Å²) in [6, 6.07) is 6.71. The van der Waals surface area contributed by atoms with Crippen LogP contribution in [0.5, 0.6) is 0 Å². The lowest BCUT2D eigenvalue weighted by Gasteiger charge is -2.34. The number of rotatable bonds is 2. The van der Waals surface area contributed by atoms with Crippen LogP contribution >= 0.6 is 0 Å². The van der Waals surface area contributed by atoms with Gasteiger partial charge in [-0.15, -0.1) is 0 Å². The third kappa shape index (κ3) is 2.72. The van der Waals surface area contributed by atoms with Gasteiger partial charge in [-0.25, -0.2) is 4.39 Å². The monoisotopic (exact) mass is 257 g/mol. The van der Waals surface area contributed by atoms with Crippen molar-refractivity contribution in [1.82, 2.24) is 9.97 Å². The summed E-state index contributed by atoms with van der Waals surface area (Å²) in [5, 5.41) is 0. The molecule has 0 amide bonds. The van der Waals surface area contributed by atoms with Crippen LogP contribution in [0.4, 0.5) is 10.1 Å². The van der Waals surface area contributed by atoms with Crippen molar-refractivity contribution >= 4 is 5.69 Å². The summed E-state index contributed by atoms with van der Waals surface area (Å²) in [6.45, 7) is 1.94. The predicted molar refractivity (Wildman–Crippen MR) is 72.6 cm³/mol. The number of halogens is 1. The van der Waals surface area contributed by atoms with Crippen molar-refractivity contribution in [2.24, 2.45) is 0 Å². The highest BCUT2D eigenvalue weighted by Crippen LogP contribution is 2.28. The van der Waals surface area contributed by atoms with Gasteiger partial charge in [0, 0.05) is 43.3 Å². The van der Waals surface area contributed by atoms with Crippen molar-refractivity contribution in [3.63, 3.8) is 0 Å². The van der Waals surface area contributed by atoms with Gasteiger partial charge < -0.3 is 4.90 Å². The minimum Gasteiger partial charge on any atom is -0.371 e. The highest BCUT2D eigenvalue weighted by molar-refractivity contribution is 5.47. The van der Waals surface area contributed by atoms with E-state index in [1.165, 1.54) is 12.1 Å². The highest BCUT2D eigenvalue weighted by Gasteiger charge is 2.22. The third-order valence-corrected chi connectivity index (χ3v) is 3.61. The van der Waals surface area contributed by atoms with E-state index in [0.717, 1.165) is 37.3 Å². The molecule has 0 saturated carbocycles. The molecule has 0 N–H and O–H groups in total. The number of anilines is 1. The van der Waals surface area contributed by atoms with Gasteiger partial charge in [-0.2, -0.15) is 0 Å². The van der Waals surface area contributed by atoms with Gasteiger partial charge in [-0.1, -0.05) is 0 Å². The summed E-state index contributed by atoms with van der Waals surface area (Å²) in [6.07, 6.45) is 7.55. The van der Waals surface area contributed by atoms with E-state index in [2.05, 4.69) is 14.9 Å². The largest absolute Gasteiger partial charge is 0.371 e. The minimum absolute atomic E-state index is 0.189. The van der Waals surface area contributed by atoms with Gasteiger partial charge in [-0.3, -0.25) is 9.97 Å². The Morgan fingerprint density at radius 3 is 2.74 bits per heavy atom. The summed E-state index contributed by atoms with van der Waals surface area (Å²) in [4.78, 5) is 10.8. The van der Waals surface area contributed by atoms with Crippen molar-refractivity contribution in [2.45, 2.75) is 18.8 Å². The molecule has 0 bridgehead atoms. The molecule has 2 aromatic rings. The van der Waals surface area contributed by atoms with E-state index in [1.54, 1.807) is 12.4 Å². The molecule has 0 spiro atoms. The molecule has 3 rings (SSSR count). The Morgan fingerprint density at radius 1 is 1.16 bits per heavy atom. The van der Waals surface area contributed by atoms with Gasteiger partial charge in [0.2, 0.25) is 0 Å². The average molecular weight is 257 g/mol. The lowest BCUT2D eigenvalue weighted by Crippen LogP contribution is -2.34. The maximum Gasteiger partial charge on any atom is 0.123 e. The summed E-state index contributed by atoms with van der Waals surface area (Å²) >= 11 is 0. The van der Waals surface area contributed by atoms with Crippen LogP contribution in [0.25, 0.3) is 0 Å². The number of aromatic nitrogens is 2. The highest BCUT2D eigenvalue weighted by atomic mass is 19.1. The first kappa shape index (κ1) is 12.1. The van der Waals surface area contributed by atoms with Crippen LogP contribution in [0, 0.1) is 5.82 Å². The number of benzene rings is 1. The molecule has 1 aliphatic heterocycles. The molecule has 0 radical (unpaired) electrons. The summed E-state index contributed by atoms with van der Waals surface area (Å²) in [5.41, 5.74) is 2.13. The fraction of sp³-hybridized carbons (Fsp3) is 0.333. The Morgan fingerprint density at radius 2 is 2.00 bits per heavy atom. The Kier molecular flexibility index (Phi) is 3.40. The van der Waals surface area contributed by atoms with E-state index in [-0.39, 0.29) is 5.82 Å². The van der Waals surface area contributed by atoms with Gasteiger partial charge in [0.15, 0.2) is 0 Å². The lowest BCUT2D eigenvalue weighted by atomic mass is 9.94. The topological polar surface area (TPSA) is 29.0 Å². The van der Waals surface area contributed by atoms with Crippen LogP contribution < -0.4 is 4.90 Å². The SMILES string of the molecule is Fc1ccc(N2CCCC(c3cnccn3)C2)cc1. The van der Waals surface area contributed by atoms with Crippen molar-refractivity contribution in [2.75, 3.05) is 18.0 Å². The molecule has 4 heteroatoms. The predicted octanol–water partition coefficient (Wildman–Crippen LogP) is 3.00. The number of hydrogen-bond acceptors (Lipinski definition) is 3. The summed E-state index contributed by atoms with van der Waals surface area (Å²) in [5.74, 6) is 0.221. The fourth-order valence-electron chi connectivity index (χ4n) is 2.63. The van der Waals surface area contributed by atoms with Gasteiger partial charge in [-0.05, 0) is 37.1 Å². The zero-order valence-electron chi connectivity index (χ0n) is 10.7. The molecule has 1 atom stereocenters. The standard InChI is InChI=1S/C15H16FN3/c16-13-3-5-14(6-4-13)19-9-1-2-12(11-19)15-10-17-7-8-18-15/h3-8,10,12H,1-2,9,11H2. The van der Waals surface area contributed by atoms with Crippen LogP contribution in [0.2, 0.25) is 0 Å². The molecule has 1 aliphatic rings. The molecule has 2 heterocycles. The van der Waals surface area contributed by atoms with Crippen molar-refractivity contribution < 1.29 is 4.39 Å². The Bertz CT molecular complexity index is 527. The van der Waals surface area contributed by atoms with Crippen LogP contribution in [-0.2, 0) is 0 Å². The molecular weight excluding hydrogens is 241 g/mol. The maximum atomic E-state index is 13.0. The average Bonchev–Trinajstić information content (AvgIpc) is 2.49. The Hall–Kier alpha value is -1.97. The van der Waals surface area contributed by atoms with Crippen molar-refractivity contribution in [3.05, 3.63) is 54.4 Å². The molecule has 98 valence electrons. The molecule has 1 aromatic carbocycles. The molecule has 3 nitrogen and oxygen atoms in total. The first-order valence-electron chi connectivity index (χ1n) is 6.59. The van der Waals surface area contributed by atoms with Gasteiger partial charge in [0.05, 0.1) is 5.69 Å². The van der Waals surface area contributed by atoms with Gasteiger partial charge >= 0.3 is 0 Å².